The van der Waals surface area contributed by atoms with Gasteiger partial charge in [-0.1, -0.05) is 40.4 Å². The summed E-state index contributed by atoms with van der Waals surface area (Å²) in [5.74, 6) is 0. The third kappa shape index (κ3) is 8.15. The highest BCUT2D eigenvalue weighted by molar-refractivity contribution is 8.68. The van der Waals surface area contributed by atoms with E-state index in [4.69, 9.17) is 0 Å². The molecule has 0 aromatic heterocycles. The van der Waals surface area contributed by atoms with Crippen LogP contribution in [0, 0.1) is 0 Å². The Morgan fingerprint density at radius 1 is 0.714 bits per heavy atom. The highest BCUT2D eigenvalue weighted by Gasteiger charge is 1.78. The van der Waals surface area contributed by atoms with Gasteiger partial charge >= 0.3 is 0 Å². The molecule has 0 rings (SSSR count). The minimum absolute atomic E-state index is 1.22. The highest BCUT2D eigenvalue weighted by atomic mass is 32.7. The standard InChI is InChI=1S/C2H11P5/c1-3-5-7-6-4-2/h3-7H,1-2H3. The van der Waals surface area contributed by atoms with Crippen molar-refractivity contribution in [2.24, 2.45) is 0 Å². The van der Waals surface area contributed by atoms with Crippen LogP contribution >= 0.6 is 40.4 Å². The molecule has 0 saturated heterocycles. The summed E-state index contributed by atoms with van der Waals surface area (Å²) in [5, 5.41) is 0. The largest absolute Gasteiger partial charge is 0.0979 e. The SMILES string of the molecule is CPPPPPC. The minimum atomic E-state index is 1.22. The topological polar surface area (TPSA) is 0 Å². The Bertz CT molecular complexity index is 25.3. The summed E-state index contributed by atoms with van der Waals surface area (Å²) in [5.41, 5.74) is 0. The first-order valence-corrected chi connectivity index (χ1v) is 12.0. The van der Waals surface area contributed by atoms with Crippen LogP contribution in [0.3, 0.4) is 0 Å². The van der Waals surface area contributed by atoms with Crippen LogP contribution in [0.2, 0.25) is 0 Å². The van der Waals surface area contributed by atoms with Crippen LogP contribution in [0.25, 0.3) is 0 Å². The van der Waals surface area contributed by atoms with E-state index < -0.39 is 0 Å². The van der Waals surface area contributed by atoms with E-state index in [1.165, 1.54) is 40.4 Å². The summed E-state index contributed by atoms with van der Waals surface area (Å²) < 4.78 is 0. The zero-order valence-electron chi connectivity index (χ0n) is 4.50. The molecule has 5 heteroatoms. The number of hydrogen-bond acceptors (Lipinski definition) is 0. The Balaban J connectivity index is 2.45. The highest BCUT2D eigenvalue weighted by Crippen LogP contribution is 2.66. The van der Waals surface area contributed by atoms with E-state index in [-0.39, 0.29) is 0 Å². The Morgan fingerprint density at radius 2 is 1.14 bits per heavy atom. The summed E-state index contributed by atoms with van der Waals surface area (Å²) >= 11 is 0. The fourth-order valence-corrected chi connectivity index (χ4v) is 17.7. The molecule has 0 fully saturated rings. The first-order chi connectivity index (χ1) is 3.41. The lowest BCUT2D eigenvalue weighted by Gasteiger charge is -1.92. The second-order valence-electron chi connectivity index (χ2n) is 0.875. The Kier molecular flexibility index (Phi) is 10.7. The second kappa shape index (κ2) is 8.15. The maximum atomic E-state index is 2.30. The van der Waals surface area contributed by atoms with Crippen LogP contribution in [0.15, 0.2) is 0 Å². The molecule has 4 unspecified atom stereocenters. The van der Waals surface area contributed by atoms with Gasteiger partial charge in [0, 0.05) is 0 Å². The molecule has 0 amide bonds. The molecule has 0 nitrogen and oxygen atoms in total. The molecular weight excluding hydrogens is 179 g/mol. The fraction of sp³-hybridized carbons (Fsp3) is 1.00. The zero-order valence-corrected chi connectivity index (χ0v) is 9.50. The van der Waals surface area contributed by atoms with Gasteiger partial charge in [0.1, 0.15) is 0 Å². The van der Waals surface area contributed by atoms with Gasteiger partial charge < -0.3 is 0 Å². The van der Waals surface area contributed by atoms with Crippen molar-refractivity contribution in [2.75, 3.05) is 13.3 Å². The summed E-state index contributed by atoms with van der Waals surface area (Å²) in [6.45, 7) is 4.60. The van der Waals surface area contributed by atoms with Crippen LogP contribution in [0.5, 0.6) is 0 Å². The van der Waals surface area contributed by atoms with Crippen LogP contribution < -0.4 is 0 Å². The third-order valence-corrected chi connectivity index (χ3v) is 16.9. The van der Waals surface area contributed by atoms with E-state index in [0.717, 1.165) is 0 Å². The van der Waals surface area contributed by atoms with Crippen molar-refractivity contribution in [2.45, 2.75) is 0 Å². The monoisotopic (exact) mass is 190 g/mol. The van der Waals surface area contributed by atoms with Gasteiger partial charge in [-0.3, -0.25) is 0 Å². The summed E-state index contributed by atoms with van der Waals surface area (Å²) in [6, 6.07) is 0. The molecule has 4 atom stereocenters. The maximum Gasteiger partial charge on any atom is -0.0432 e. The molecule has 0 aliphatic heterocycles. The predicted molar refractivity (Wildman–Crippen MR) is 53.4 cm³/mol. The van der Waals surface area contributed by atoms with Crippen molar-refractivity contribution >= 4 is 40.4 Å². The maximum absolute atomic E-state index is 2.30. The second-order valence-corrected chi connectivity index (χ2v) is 14.6. The smallest absolute Gasteiger partial charge is 0.0432 e. The van der Waals surface area contributed by atoms with Crippen molar-refractivity contribution in [3.05, 3.63) is 0 Å². The van der Waals surface area contributed by atoms with E-state index >= 15 is 0 Å². The van der Waals surface area contributed by atoms with Gasteiger partial charge in [-0.05, 0) is 13.3 Å². The van der Waals surface area contributed by atoms with Crippen LogP contribution in [0.4, 0.5) is 0 Å². The molecule has 0 radical (unpaired) electrons. The minimum Gasteiger partial charge on any atom is -0.0979 e. The normalized spacial score (nSPS) is 18.0. The Labute approximate surface area is 54.3 Å². The van der Waals surface area contributed by atoms with Crippen molar-refractivity contribution in [3.8, 4) is 0 Å². The van der Waals surface area contributed by atoms with E-state index in [1.54, 1.807) is 0 Å². The molecule has 0 spiro atoms. The predicted octanol–water partition coefficient (Wildman–Crippen LogP) is 3.30. The Hall–Kier alpha value is 2.15. The lowest BCUT2D eigenvalue weighted by Crippen LogP contribution is -1.16. The lowest BCUT2D eigenvalue weighted by atomic mass is 12.0. The third-order valence-electron chi connectivity index (χ3n) is 0.375. The van der Waals surface area contributed by atoms with Crippen LogP contribution in [-0.2, 0) is 0 Å². The first kappa shape index (κ1) is 9.15. The van der Waals surface area contributed by atoms with E-state index in [1.807, 2.05) is 0 Å². The van der Waals surface area contributed by atoms with E-state index in [0.29, 0.717) is 0 Å². The molecule has 0 bridgehead atoms. The van der Waals surface area contributed by atoms with Gasteiger partial charge in [-0.15, -0.1) is 0 Å². The first-order valence-electron chi connectivity index (χ1n) is 2.00. The van der Waals surface area contributed by atoms with Crippen molar-refractivity contribution in [1.29, 1.82) is 0 Å². The molecule has 44 valence electrons. The van der Waals surface area contributed by atoms with Gasteiger partial charge in [0.15, 0.2) is 0 Å². The van der Waals surface area contributed by atoms with E-state index in [2.05, 4.69) is 13.3 Å². The molecule has 0 aliphatic rings. The molecule has 7 heavy (non-hydrogen) atoms. The van der Waals surface area contributed by atoms with Gasteiger partial charge in [0.05, 0.1) is 0 Å². The zero-order chi connectivity index (χ0) is 5.54. The average molecular weight is 190 g/mol. The average Bonchev–Trinajstić information content (AvgIpc) is 1.69. The van der Waals surface area contributed by atoms with Gasteiger partial charge in [-0.2, -0.15) is 0 Å². The van der Waals surface area contributed by atoms with Crippen molar-refractivity contribution < 1.29 is 0 Å². The molecule has 0 aromatic rings. The molecule has 0 aromatic carbocycles. The molecule has 0 saturated carbocycles. The molecule has 0 aliphatic carbocycles. The molecule has 0 heterocycles. The van der Waals surface area contributed by atoms with Crippen LogP contribution in [0.1, 0.15) is 0 Å². The van der Waals surface area contributed by atoms with Crippen molar-refractivity contribution in [3.63, 3.8) is 0 Å². The van der Waals surface area contributed by atoms with Gasteiger partial charge in [-0.25, -0.2) is 0 Å². The fourth-order valence-electron chi connectivity index (χ4n) is 0.156. The number of rotatable bonds is 4. The summed E-state index contributed by atoms with van der Waals surface area (Å²) in [6.07, 6.45) is 0. The van der Waals surface area contributed by atoms with Gasteiger partial charge in [0.25, 0.3) is 0 Å². The molecular formula is C2H11P5. The Morgan fingerprint density at radius 3 is 1.43 bits per heavy atom. The number of hydrogen-bond donors (Lipinski definition) is 0. The van der Waals surface area contributed by atoms with Crippen LogP contribution in [-0.4, -0.2) is 13.3 Å². The lowest BCUT2D eigenvalue weighted by molar-refractivity contribution is 2.51. The van der Waals surface area contributed by atoms with Crippen molar-refractivity contribution in [1.82, 2.24) is 0 Å². The van der Waals surface area contributed by atoms with E-state index in [9.17, 15) is 0 Å². The molecule has 0 N–H and O–H groups in total. The summed E-state index contributed by atoms with van der Waals surface area (Å²) in [4.78, 5) is 0. The summed E-state index contributed by atoms with van der Waals surface area (Å²) in [7, 11) is 6.34. The quantitative estimate of drug-likeness (QED) is 0.471. The van der Waals surface area contributed by atoms with Gasteiger partial charge in [0.2, 0.25) is 0 Å².